The molecule has 0 bridgehead atoms. The molecule has 29 heavy (non-hydrogen) atoms. The molecule has 3 aromatic rings. The summed E-state index contributed by atoms with van der Waals surface area (Å²) in [5, 5.41) is 0. The Morgan fingerprint density at radius 3 is 2.79 bits per heavy atom. The van der Waals surface area contributed by atoms with Crippen molar-refractivity contribution >= 4 is 45.2 Å². The van der Waals surface area contributed by atoms with Crippen molar-refractivity contribution in [1.29, 1.82) is 0 Å². The molecule has 4 rings (SSSR count). The molecule has 1 aliphatic heterocycles. The average molecular weight is 431 g/mol. The van der Waals surface area contributed by atoms with Gasteiger partial charge < -0.3 is 18.8 Å². The number of nitrogens with zero attached hydrogens (tertiary/aromatic N) is 2. The Hall–Kier alpha value is -2.78. The van der Waals surface area contributed by atoms with Crippen LogP contribution >= 0.6 is 23.1 Å². The van der Waals surface area contributed by atoms with Crippen LogP contribution in [0.1, 0.15) is 17.3 Å². The van der Waals surface area contributed by atoms with Gasteiger partial charge in [0, 0.05) is 22.6 Å². The summed E-state index contributed by atoms with van der Waals surface area (Å²) in [6, 6.07) is 10.9. The van der Waals surface area contributed by atoms with Gasteiger partial charge in [0.2, 0.25) is 6.79 Å². The molecule has 1 aromatic heterocycles. The Balaban J connectivity index is 1.82. The summed E-state index contributed by atoms with van der Waals surface area (Å²) in [7, 11) is 0. The first-order chi connectivity index (χ1) is 14.1. The third kappa shape index (κ3) is 4.01. The van der Waals surface area contributed by atoms with Crippen LogP contribution in [-0.2, 0) is 16.1 Å². The predicted molar refractivity (Wildman–Crippen MR) is 111 cm³/mol. The molecule has 0 radical (unpaired) electrons. The van der Waals surface area contributed by atoms with E-state index < -0.39 is 5.97 Å². The molecule has 0 saturated carbocycles. The Kier molecular flexibility index (Phi) is 5.59. The third-order valence-corrected chi connectivity index (χ3v) is 6.05. The zero-order chi connectivity index (χ0) is 20.4. The molecule has 2 heterocycles. The van der Waals surface area contributed by atoms with Crippen LogP contribution in [0.4, 0.5) is 0 Å². The number of esters is 1. The van der Waals surface area contributed by atoms with Crippen molar-refractivity contribution in [3.8, 4) is 11.5 Å². The largest absolute Gasteiger partial charge is 0.465 e. The molecular formula is C20H18N2O5S2. The summed E-state index contributed by atoms with van der Waals surface area (Å²) >= 11 is 2.86. The van der Waals surface area contributed by atoms with Crippen molar-refractivity contribution in [2.45, 2.75) is 18.4 Å². The molecule has 0 fully saturated rings. The van der Waals surface area contributed by atoms with Crippen LogP contribution in [0.5, 0.6) is 11.5 Å². The summed E-state index contributed by atoms with van der Waals surface area (Å²) in [6.07, 6.45) is 1.95. The van der Waals surface area contributed by atoms with E-state index in [2.05, 4.69) is 4.99 Å². The number of aromatic nitrogens is 1. The van der Waals surface area contributed by atoms with Gasteiger partial charge in [-0.2, -0.15) is 4.99 Å². The van der Waals surface area contributed by atoms with E-state index in [1.54, 1.807) is 41.5 Å². The van der Waals surface area contributed by atoms with Crippen molar-refractivity contribution in [1.82, 2.24) is 4.57 Å². The lowest BCUT2D eigenvalue weighted by Gasteiger charge is -2.06. The van der Waals surface area contributed by atoms with E-state index in [0.717, 1.165) is 15.1 Å². The molecule has 9 heteroatoms. The van der Waals surface area contributed by atoms with Crippen molar-refractivity contribution in [3.05, 3.63) is 46.8 Å². The van der Waals surface area contributed by atoms with Gasteiger partial charge in [0.25, 0.3) is 5.91 Å². The smallest absolute Gasteiger partial charge is 0.326 e. The van der Waals surface area contributed by atoms with Crippen LogP contribution in [0.25, 0.3) is 10.2 Å². The summed E-state index contributed by atoms with van der Waals surface area (Å²) in [5.41, 5.74) is 1.22. The van der Waals surface area contributed by atoms with Crippen LogP contribution in [0.15, 0.2) is 46.3 Å². The zero-order valence-electron chi connectivity index (χ0n) is 15.8. The monoisotopic (exact) mass is 430 g/mol. The number of hydrogen-bond donors (Lipinski definition) is 0. The number of rotatable bonds is 5. The number of carbonyl (C=O) groups excluding carboxylic acids is 2. The maximum Gasteiger partial charge on any atom is 0.326 e. The minimum absolute atomic E-state index is 0.0511. The van der Waals surface area contributed by atoms with Gasteiger partial charge in [0.1, 0.15) is 6.54 Å². The molecule has 2 aromatic carbocycles. The van der Waals surface area contributed by atoms with Gasteiger partial charge in [-0.3, -0.25) is 9.59 Å². The first kappa shape index (κ1) is 19.5. The van der Waals surface area contributed by atoms with Crippen molar-refractivity contribution < 1.29 is 23.8 Å². The highest BCUT2D eigenvalue weighted by Gasteiger charge is 2.19. The molecule has 0 aliphatic carbocycles. The van der Waals surface area contributed by atoms with Crippen LogP contribution in [0.3, 0.4) is 0 Å². The lowest BCUT2D eigenvalue weighted by Crippen LogP contribution is -2.23. The van der Waals surface area contributed by atoms with E-state index in [-0.39, 0.29) is 25.9 Å². The topological polar surface area (TPSA) is 79.1 Å². The fraction of sp³-hybridized carbons (Fsp3) is 0.250. The molecule has 0 unspecified atom stereocenters. The highest BCUT2D eigenvalue weighted by molar-refractivity contribution is 7.98. The van der Waals surface area contributed by atoms with Crippen LogP contribution in [-0.4, -0.2) is 36.1 Å². The Bertz CT molecular complexity index is 1170. The molecule has 0 N–H and O–H groups in total. The second kappa shape index (κ2) is 8.30. The molecular weight excluding hydrogens is 412 g/mol. The number of amides is 1. The number of ether oxygens (including phenoxy) is 3. The van der Waals surface area contributed by atoms with Gasteiger partial charge in [0.05, 0.1) is 16.8 Å². The highest BCUT2D eigenvalue weighted by Crippen LogP contribution is 2.37. The van der Waals surface area contributed by atoms with E-state index in [1.165, 1.54) is 11.3 Å². The number of carbonyl (C=O) groups is 2. The first-order valence-electron chi connectivity index (χ1n) is 8.90. The summed E-state index contributed by atoms with van der Waals surface area (Å²) in [6.45, 7) is 2.14. The number of hydrogen-bond acceptors (Lipinski definition) is 7. The highest BCUT2D eigenvalue weighted by atomic mass is 32.2. The van der Waals surface area contributed by atoms with Crippen molar-refractivity contribution in [2.24, 2.45) is 4.99 Å². The quantitative estimate of drug-likeness (QED) is 0.456. The second-order valence-corrected chi connectivity index (χ2v) is 7.99. The molecule has 150 valence electrons. The lowest BCUT2D eigenvalue weighted by molar-refractivity contribution is -0.143. The van der Waals surface area contributed by atoms with Gasteiger partial charge >= 0.3 is 5.97 Å². The normalized spacial score (nSPS) is 13.1. The van der Waals surface area contributed by atoms with Gasteiger partial charge in [-0.05, 0) is 31.4 Å². The molecule has 0 atom stereocenters. The lowest BCUT2D eigenvalue weighted by atomic mass is 10.2. The van der Waals surface area contributed by atoms with Crippen LogP contribution < -0.4 is 14.3 Å². The Morgan fingerprint density at radius 1 is 1.24 bits per heavy atom. The number of thioether (sulfide) groups is 1. The van der Waals surface area contributed by atoms with E-state index in [9.17, 15) is 9.59 Å². The van der Waals surface area contributed by atoms with Gasteiger partial charge in [-0.15, -0.1) is 11.8 Å². The first-order valence-corrected chi connectivity index (χ1v) is 10.9. The third-order valence-electron chi connectivity index (χ3n) is 4.28. The van der Waals surface area contributed by atoms with Gasteiger partial charge in [-0.25, -0.2) is 0 Å². The average Bonchev–Trinajstić information content (AvgIpc) is 3.30. The van der Waals surface area contributed by atoms with E-state index in [0.29, 0.717) is 21.9 Å². The van der Waals surface area contributed by atoms with Crippen LogP contribution in [0.2, 0.25) is 0 Å². The zero-order valence-corrected chi connectivity index (χ0v) is 17.5. The Morgan fingerprint density at radius 2 is 2.03 bits per heavy atom. The summed E-state index contributed by atoms with van der Waals surface area (Å²) in [4.78, 5) is 30.6. The minimum atomic E-state index is -0.400. The number of benzene rings is 2. The van der Waals surface area contributed by atoms with E-state index in [4.69, 9.17) is 14.2 Å². The molecule has 1 amide bonds. The Labute approximate surface area is 174 Å². The minimum Gasteiger partial charge on any atom is -0.465 e. The van der Waals surface area contributed by atoms with E-state index in [1.807, 2.05) is 24.5 Å². The molecule has 0 spiro atoms. The summed E-state index contributed by atoms with van der Waals surface area (Å²) in [5.74, 6) is 0.458. The van der Waals surface area contributed by atoms with E-state index >= 15 is 0 Å². The fourth-order valence-corrected chi connectivity index (χ4v) is 4.44. The second-order valence-electron chi connectivity index (χ2n) is 6.10. The molecule has 7 nitrogen and oxygen atoms in total. The fourth-order valence-electron chi connectivity index (χ4n) is 2.94. The predicted octanol–water partition coefficient (Wildman–Crippen LogP) is 3.46. The maximum absolute atomic E-state index is 12.8. The SMILES string of the molecule is CCOC(=O)Cn1c(=NC(=O)c2cccc(SC)c2)sc2cc3c(cc21)OCO3. The van der Waals surface area contributed by atoms with Crippen LogP contribution in [0, 0.1) is 0 Å². The van der Waals surface area contributed by atoms with Crippen molar-refractivity contribution in [2.75, 3.05) is 19.7 Å². The number of thiazole rings is 1. The van der Waals surface area contributed by atoms with Crippen molar-refractivity contribution in [3.63, 3.8) is 0 Å². The molecule has 0 saturated heterocycles. The standard InChI is InChI=1S/C20H18N2O5S2/c1-3-25-18(23)10-22-14-8-15-16(27-11-26-15)9-17(14)29-20(22)21-19(24)12-5-4-6-13(7-12)28-2/h4-9H,3,10-11H2,1-2H3. The van der Waals surface area contributed by atoms with Gasteiger partial charge in [-0.1, -0.05) is 17.4 Å². The van der Waals surface area contributed by atoms with Gasteiger partial charge in [0.15, 0.2) is 16.3 Å². The number of fused-ring (bicyclic) bond motifs is 2. The summed E-state index contributed by atoms with van der Waals surface area (Å²) < 4.78 is 18.5. The molecule has 1 aliphatic rings. The maximum atomic E-state index is 12.8.